The maximum Gasteiger partial charge on any atom is 0.185 e. The number of hydrogen-bond donors (Lipinski definition) is 0. The summed E-state index contributed by atoms with van der Waals surface area (Å²) in [5, 5.41) is 13.4. The van der Waals surface area contributed by atoms with Gasteiger partial charge < -0.3 is 4.90 Å². The van der Waals surface area contributed by atoms with E-state index in [2.05, 4.69) is 11.2 Å². The first kappa shape index (κ1) is 19.1. The average molecular weight is 370 g/mol. The van der Waals surface area contributed by atoms with Crippen LogP contribution in [0.5, 0.6) is 0 Å². The summed E-state index contributed by atoms with van der Waals surface area (Å²) in [6.07, 6.45) is 5.62. The van der Waals surface area contributed by atoms with Gasteiger partial charge in [-0.1, -0.05) is 30.3 Å². The van der Waals surface area contributed by atoms with Gasteiger partial charge in [-0.15, -0.1) is 0 Å². The van der Waals surface area contributed by atoms with Crippen LogP contribution in [0.15, 0.2) is 66.9 Å². The lowest BCUT2D eigenvalue weighted by Crippen LogP contribution is -2.08. The molecule has 0 aliphatic carbocycles. The van der Waals surface area contributed by atoms with Crippen molar-refractivity contribution in [3.8, 4) is 17.3 Å². The molecule has 0 saturated carbocycles. The molecule has 5 heteroatoms. The number of hydrogen-bond acceptors (Lipinski definition) is 4. The SMILES string of the molecule is CN(C)c1ccc(C(=O)/C=C/c2cn(CCC#N)nc2-c2ccccc2)cc1. The van der Waals surface area contributed by atoms with E-state index in [1.807, 2.05) is 79.8 Å². The third-order valence-corrected chi connectivity index (χ3v) is 4.37. The normalized spacial score (nSPS) is 10.8. The Labute approximate surface area is 165 Å². The van der Waals surface area contributed by atoms with Crippen molar-refractivity contribution in [1.82, 2.24) is 9.78 Å². The summed E-state index contributed by atoms with van der Waals surface area (Å²) < 4.78 is 1.75. The van der Waals surface area contributed by atoms with Crippen LogP contribution >= 0.6 is 0 Å². The quantitative estimate of drug-likeness (QED) is 0.456. The van der Waals surface area contributed by atoms with E-state index in [9.17, 15) is 4.79 Å². The maximum atomic E-state index is 12.6. The lowest BCUT2D eigenvalue weighted by atomic mass is 10.1. The Bertz CT molecular complexity index is 1010. The van der Waals surface area contributed by atoms with E-state index in [4.69, 9.17) is 5.26 Å². The monoisotopic (exact) mass is 370 g/mol. The van der Waals surface area contributed by atoms with Crippen LogP contribution < -0.4 is 4.90 Å². The smallest absolute Gasteiger partial charge is 0.185 e. The highest BCUT2D eigenvalue weighted by atomic mass is 16.1. The standard InChI is InChI=1S/C23H22N4O/c1-26(2)21-12-9-18(10-13-21)22(28)14-11-20-17-27(16-6-15-24)25-23(20)19-7-4-3-5-8-19/h3-5,7-14,17H,6,16H2,1-2H3/b14-11+. The molecule has 0 spiro atoms. The number of rotatable bonds is 7. The molecule has 0 bridgehead atoms. The van der Waals surface area contributed by atoms with Crippen LogP contribution in [0.4, 0.5) is 5.69 Å². The van der Waals surface area contributed by atoms with Crippen LogP contribution in [0, 0.1) is 11.3 Å². The van der Waals surface area contributed by atoms with Crippen LogP contribution in [0.3, 0.4) is 0 Å². The summed E-state index contributed by atoms with van der Waals surface area (Å²) in [5.74, 6) is -0.0610. The third-order valence-electron chi connectivity index (χ3n) is 4.37. The number of carbonyl (C=O) groups excluding carboxylic acids is 1. The van der Waals surface area contributed by atoms with E-state index in [1.54, 1.807) is 16.8 Å². The molecule has 3 rings (SSSR count). The number of aryl methyl sites for hydroxylation is 1. The summed E-state index contributed by atoms with van der Waals surface area (Å²) in [6, 6.07) is 19.5. The fraction of sp³-hybridized carbons (Fsp3) is 0.174. The predicted molar refractivity (Wildman–Crippen MR) is 112 cm³/mol. The van der Waals surface area contributed by atoms with Crippen LogP contribution in [-0.4, -0.2) is 29.7 Å². The number of ketones is 1. The van der Waals surface area contributed by atoms with Crippen molar-refractivity contribution in [3.05, 3.63) is 78.0 Å². The maximum absolute atomic E-state index is 12.6. The number of nitrogens with zero attached hydrogens (tertiary/aromatic N) is 4. The minimum absolute atomic E-state index is 0.0610. The molecule has 0 aliphatic heterocycles. The fourth-order valence-corrected chi connectivity index (χ4v) is 2.84. The zero-order chi connectivity index (χ0) is 19.9. The van der Waals surface area contributed by atoms with Crippen molar-refractivity contribution in [2.24, 2.45) is 0 Å². The minimum Gasteiger partial charge on any atom is -0.378 e. The van der Waals surface area contributed by atoms with E-state index in [0.717, 1.165) is 22.5 Å². The Hall–Kier alpha value is -3.65. The van der Waals surface area contributed by atoms with Gasteiger partial charge in [-0.3, -0.25) is 9.48 Å². The molecule has 140 valence electrons. The van der Waals surface area contributed by atoms with Gasteiger partial charge in [-0.05, 0) is 36.4 Å². The van der Waals surface area contributed by atoms with Gasteiger partial charge in [0.25, 0.3) is 0 Å². The first-order valence-corrected chi connectivity index (χ1v) is 9.08. The summed E-state index contributed by atoms with van der Waals surface area (Å²) in [5.41, 5.74) is 4.30. The van der Waals surface area contributed by atoms with Crippen LogP contribution in [0.1, 0.15) is 22.3 Å². The van der Waals surface area contributed by atoms with Crippen LogP contribution in [-0.2, 0) is 6.54 Å². The average Bonchev–Trinajstić information content (AvgIpc) is 3.14. The van der Waals surface area contributed by atoms with E-state index in [-0.39, 0.29) is 5.78 Å². The predicted octanol–water partition coefficient (Wildman–Crippen LogP) is 4.43. The van der Waals surface area contributed by atoms with Gasteiger partial charge in [0.1, 0.15) is 0 Å². The lowest BCUT2D eigenvalue weighted by molar-refractivity contribution is 0.104. The molecule has 0 atom stereocenters. The summed E-state index contributed by atoms with van der Waals surface area (Å²) in [4.78, 5) is 14.5. The van der Waals surface area contributed by atoms with Gasteiger partial charge in [0, 0.05) is 42.7 Å². The van der Waals surface area contributed by atoms with Crippen LogP contribution in [0.2, 0.25) is 0 Å². The third kappa shape index (κ3) is 4.54. The number of aromatic nitrogens is 2. The van der Waals surface area contributed by atoms with Crippen molar-refractivity contribution >= 4 is 17.5 Å². The molecule has 0 radical (unpaired) electrons. The number of anilines is 1. The summed E-state index contributed by atoms with van der Waals surface area (Å²) in [6.45, 7) is 0.518. The topological polar surface area (TPSA) is 61.9 Å². The van der Waals surface area contributed by atoms with Gasteiger partial charge >= 0.3 is 0 Å². The second kappa shape index (κ2) is 8.83. The molecule has 0 amide bonds. The molecule has 28 heavy (non-hydrogen) atoms. The van der Waals surface area contributed by atoms with Crippen molar-refractivity contribution < 1.29 is 4.79 Å². The second-order valence-electron chi connectivity index (χ2n) is 6.61. The Kier molecular flexibility index (Phi) is 6.03. The number of benzene rings is 2. The number of nitriles is 1. The van der Waals surface area contributed by atoms with E-state index in [1.165, 1.54) is 0 Å². The first-order valence-electron chi connectivity index (χ1n) is 9.08. The van der Waals surface area contributed by atoms with Gasteiger partial charge in [-0.25, -0.2) is 0 Å². The van der Waals surface area contributed by atoms with Crippen molar-refractivity contribution in [3.63, 3.8) is 0 Å². The molecule has 0 fully saturated rings. The highest BCUT2D eigenvalue weighted by Gasteiger charge is 2.10. The molecule has 5 nitrogen and oxygen atoms in total. The number of carbonyl (C=O) groups is 1. The molecule has 2 aromatic carbocycles. The van der Waals surface area contributed by atoms with Gasteiger partial charge in [0.2, 0.25) is 0 Å². The highest BCUT2D eigenvalue weighted by molar-refractivity contribution is 6.07. The van der Waals surface area contributed by atoms with Crippen LogP contribution in [0.25, 0.3) is 17.3 Å². The Morgan fingerprint density at radius 3 is 2.50 bits per heavy atom. The Morgan fingerprint density at radius 2 is 1.86 bits per heavy atom. The molecule has 0 N–H and O–H groups in total. The molecular weight excluding hydrogens is 348 g/mol. The molecule has 3 aromatic rings. The van der Waals surface area contributed by atoms with Crippen molar-refractivity contribution in [2.75, 3.05) is 19.0 Å². The van der Waals surface area contributed by atoms with Gasteiger partial charge in [-0.2, -0.15) is 10.4 Å². The highest BCUT2D eigenvalue weighted by Crippen LogP contribution is 2.23. The molecule has 1 aromatic heterocycles. The fourth-order valence-electron chi connectivity index (χ4n) is 2.84. The lowest BCUT2D eigenvalue weighted by Gasteiger charge is -2.11. The minimum atomic E-state index is -0.0610. The zero-order valence-electron chi connectivity index (χ0n) is 16.0. The Morgan fingerprint density at radius 1 is 1.14 bits per heavy atom. The summed E-state index contributed by atoms with van der Waals surface area (Å²) >= 11 is 0. The van der Waals surface area contributed by atoms with Gasteiger partial charge in [0.05, 0.1) is 24.7 Å². The Balaban J connectivity index is 1.86. The molecular formula is C23H22N4O. The zero-order valence-corrected chi connectivity index (χ0v) is 16.0. The molecule has 0 unspecified atom stereocenters. The molecule has 0 aliphatic rings. The second-order valence-corrected chi connectivity index (χ2v) is 6.61. The molecule has 0 saturated heterocycles. The van der Waals surface area contributed by atoms with Crippen molar-refractivity contribution in [1.29, 1.82) is 5.26 Å². The first-order chi connectivity index (χ1) is 13.6. The van der Waals surface area contributed by atoms with E-state index < -0.39 is 0 Å². The summed E-state index contributed by atoms with van der Waals surface area (Å²) in [7, 11) is 3.93. The van der Waals surface area contributed by atoms with Crippen molar-refractivity contribution in [2.45, 2.75) is 13.0 Å². The molecule has 1 heterocycles. The van der Waals surface area contributed by atoms with Gasteiger partial charge in [0.15, 0.2) is 5.78 Å². The number of allylic oxidation sites excluding steroid dienone is 1. The largest absolute Gasteiger partial charge is 0.378 e. The van der Waals surface area contributed by atoms with E-state index >= 15 is 0 Å². The van der Waals surface area contributed by atoms with E-state index in [0.29, 0.717) is 18.5 Å².